The van der Waals surface area contributed by atoms with Gasteiger partial charge in [0.25, 0.3) is 0 Å². The molecule has 0 amide bonds. The second-order valence-electron chi connectivity index (χ2n) is 4.41. The Morgan fingerprint density at radius 3 is 2.70 bits per heavy atom. The number of hydrogen-bond acceptors (Lipinski definition) is 5. The summed E-state index contributed by atoms with van der Waals surface area (Å²) in [5.41, 5.74) is 6.32. The monoisotopic (exact) mass is 300 g/mol. The van der Waals surface area contributed by atoms with Crippen molar-refractivity contribution in [1.29, 1.82) is 0 Å². The fourth-order valence-corrected chi connectivity index (χ4v) is 3.19. The highest BCUT2D eigenvalue weighted by Crippen LogP contribution is 2.10. The van der Waals surface area contributed by atoms with E-state index in [1.54, 1.807) is 18.2 Å². The van der Waals surface area contributed by atoms with Crippen molar-refractivity contribution in [3.8, 4) is 0 Å². The van der Waals surface area contributed by atoms with Gasteiger partial charge in [0.1, 0.15) is 0 Å². The van der Waals surface area contributed by atoms with E-state index < -0.39 is 16.0 Å². The second kappa shape index (κ2) is 7.37. The maximum absolute atomic E-state index is 12.0. The van der Waals surface area contributed by atoms with Crippen LogP contribution in [0.4, 0.5) is 0 Å². The number of benzene rings is 1. The van der Waals surface area contributed by atoms with Gasteiger partial charge in [-0.25, -0.2) is 17.9 Å². The molecule has 7 heteroatoms. The number of methoxy groups -OCH3 is 1. The normalized spacial score (nSPS) is 12.9. The Balaban J connectivity index is 2.84. The van der Waals surface area contributed by atoms with Gasteiger partial charge in [0.05, 0.1) is 18.4 Å². The van der Waals surface area contributed by atoms with E-state index in [4.69, 9.17) is 5.73 Å². The molecule has 0 aromatic heterocycles. The average Bonchev–Trinajstić information content (AvgIpc) is 2.43. The van der Waals surface area contributed by atoms with Crippen molar-refractivity contribution in [2.24, 2.45) is 5.73 Å². The summed E-state index contributed by atoms with van der Waals surface area (Å²) >= 11 is 0. The molecule has 0 radical (unpaired) electrons. The zero-order valence-electron chi connectivity index (χ0n) is 11.6. The number of nitrogens with two attached hydrogens (primary N) is 1. The van der Waals surface area contributed by atoms with E-state index in [9.17, 15) is 13.2 Å². The third-order valence-electron chi connectivity index (χ3n) is 2.83. The first-order chi connectivity index (χ1) is 9.41. The zero-order chi connectivity index (χ0) is 15.2. The molecule has 1 aromatic rings. The van der Waals surface area contributed by atoms with Crippen LogP contribution in [0.1, 0.15) is 29.3 Å². The van der Waals surface area contributed by atoms with Crippen molar-refractivity contribution < 1.29 is 17.9 Å². The van der Waals surface area contributed by atoms with Crippen molar-refractivity contribution in [3.05, 3.63) is 35.4 Å². The lowest BCUT2D eigenvalue weighted by Crippen LogP contribution is -2.40. The minimum atomic E-state index is -3.49. The Kier molecular flexibility index (Phi) is 6.12. The summed E-state index contributed by atoms with van der Waals surface area (Å²) in [5, 5.41) is 0. The standard InChI is InChI=1S/C13H20N2O4S/c1-3-12(8-14)15-20(17,18)9-10-5-4-6-11(7-10)13(16)19-2/h4-7,12,15H,3,8-9,14H2,1-2H3. The first kappa shape index (κ1) is 16.6. The lowest BCUT2D eigenvalue weighted by molar-refractivity contribution is 0.0600. The van der Waals surface area contributed by atoms with Crippen LogP contribution < -0.4 is 10.5 Å². The molecule has 0 fully saturated rings. The highest BCUT2D eigenvalue weighted by Gasteiger charge is 2.17. The molecule has 0 heterocycles. The van der Waals surface area contributed by atoms with Gasteiger partial charge in [-0.15, -0.1) is 0 Å². The lowest BCUT2D eigenvalue weighted by atomic mass is 10.1. The lowest BCUT2D eigenvalue weighted by Gasteiger charge is -2.15. The van der Waals surface area contributed by atoms with E-state index in [0.717, 1.165) is 0 Å². The SMILES string of the molecule is CCC(CN)NS(=O)(=O)Cc1cccc(C(=O)OC)c1. The summed E-state index contributed by atoms with van der Waals surface area (Å²) in [6.07, 6.45) is 0.623. The largest absolute Gasteiger partial charge is 0.465 e. The van der Waals surface area contributed by atoms with E-state index in [0.29, 0.717) is 17.5 Å². The first-order valence-electron chi connectivity index (χ1n) is 6.29. The summed E-state index contributed by atoms with van der Waals surface area (Å²) in [5.74, 6) is -0.695. The van der Waals surface area contributed by atoms with E-state index in [1.165, 1.54) is 13.2 Å². The molecule has 1 unspecified atom stereocenters. The van der Waals surface area contributed by atoms with Gasteiger partial charge >= 0.3 is 5.97 Å². The highest BCUT2D eigenvalue weighted by molar-refractivity contribution is 7.88. The van der Waals surface area contributed by atoms with Gasteiger partial charge in [-0.05, 0) is 24.1 Å². The van der Waals surface area contributed by atoms with Crippen LogP contribution in [-0.2, 0) is 20.5 Å². The predicted molar refractivity (Wildman–Crippen MR) is 76.7 cm³/mol. The third kappa shape index (κ3) is 4.92. The summed E-state index contributed by atoms with van der Waals surface area (Å²) in [6, 6.07) is 6.08. The van der Waals surface area contributed by atoms with E-state index >= 15 is 0 Å². The third-order valence-corrected chi connectivity index (χ3v) is 4.23. The van der Waals surface area contributed by atoms with Gasteiger partial charge < -0.3 is 10.5 Å². The first-order valence-corrected chi connectivity index (χ1v) is 7.94. The van der Waals surface area contributed by atoms with Crippen LogP contribution in [0.15, 0.2) is 24.3 Å². The van der Waals surface area contributed by atoms with Gasteiger partial charge in [-0.2, -0.15) is 0 Å². The van der Waals surface area contributed by atoms with Crippen molar-refractivity contribution >= 4 is 16.0 Å². The smallest absolute Gasteiger partial charge is 0.337 e. The number of hydrogen-bond donors (Lipinski definition) is 2. The van der Waals surface area contributed by atoms with Crippen molar-refractivity contribution in [2.45, 2.75) is 25.1 Å². The quantitative estimate of drug-likeness (QED) is 0.720. The summed E-state index contributed by atoms with van der Waals surface area (Å²) < 4.78 is 31.1. The molecule has 0 aliphatic heterocycles. The van der Waals surface area contributed by atoms with E-state index in [2.05, 4.69) is 9.46 Å². The summed E-state index contributed by atoms with van der Waals surface area (Å²) in [6.45, 7) is 2.11. The maximum atomic E-state index is 12.0. The second-order valence-corrected chi connectivity index (χ2v) is 6.16. The van der Waals surface area contributed by atoms with E-state index in [1.807, 2.05) is 6.92 Å². The van der Waals surface area contributed by atoms with Crippen LogP contribution >= 0.6 is 0 Å². The van der Waals surface area contributed by atoms with Crippen LogP contribution in [0, 0.1) is 0 Å². The number of ether oxygens (including phenoxy) is 1. The summed E-state index contributed by atoms with van der Waals surface area (Å²) in [7, 11) is -2.21. The maximum Gasteiger partial charge on any atom is 0.337 e. The average molecular weight is 300 g/mol. The molecule has 0 saturated carbocycles. The zero-order valence-corrected chi connectivity index (χ0v) is 12.4. The fourth-order valence-electron chi connectivity index (χ4n) is 1.72. The molecule has 0 spiro atoms. The molecule has 1 aromatic carbocycles. The molecule has 0 bridgehead atoms. The van der Waals surface area contributed by atoms with Gasteiger partial charge in [-0.1, -0.05) is 19.1 Å². The Morgan fingerprint density at radius 1 is 1.45 bits per heavy atom. The number of nitrogens with one attached hydrogen (secondary N) is 1. The fraction of sp³-hybridized carbons (Fsp3) is 0.462. The van der Waals surface area contributed by atoms with Crippen molar-refractivity contribution in [1.82, 2.24) is 4.72 Å². The van der Waals surface area contributed by atoms with Crippen molar-refractivity contribution in [3.63, 3.8) is 0 Å². The Morgan fingerprint density at radius 2 is 2.15 bits per heavy atom. The van der Waals surface area contributed by atoms with Crippen LogP contribution in [0.25, 0.3) is 0 Å². The highest BCUT2D eigenvalue weighted by atomic mass is 32.2. The molecular formula is C13H20N2O4S. The minimum Gasteiger partial charge on any atom is -0.465 e. The number of esters is 1. The van der Waals surface area contributed by atoms with Crippen LogP contribution in [0.5, 0.6) is 0 Å². The number of sulfonamides is 1. The van der Waals surface area contributed by atoms with Gasteiger partial charge in [0.2, 0.25) is 10.0 Å². The Bertz CT molecular complexity index is 553. The number of carbonyl (C=O) groups excluding carboxylic acids is 1. The molecule has 20 heavy (non-hydrogen) atoms. The van der Waals surface area contributed by atoms with Gasteiger partial charge in [0.15, 0.2) is 0 Å². The Hall–Kier alpha value is -1.44. The number of rotatable bonds is 7. The topological polar surface area (TPSA) is 98.5 Å². The molecule has 0 aliphatic rings. The molecule has 6 nitrogen and oxygen atoms in total. The molecule has 3 N–H and O–H groups in total. The molecule has 1 rings (SSSR count). The van der Waals surface area contributed by atoms with Gasteiger partial charge in [-0.3, -0.25) is 0 Å². The van der Waals surface area contributed by atoms with Crippen LogP contribution in [-0.4, -0.2) is 34.1 Å². The molecule has 1 atom stereocenters. The molecule has 112 valence electrons. The van der Waals surface area contributed by atoms with Gasteiger partial charge in [0, 0.05) is 12.6 Å². The predicted octanol–water partition coefficient (Wildman–Crippen LogP) is 0.630. The Labute approximate surface area is 119 Å². The molecular weight excluding hydrogens is 280 g/mol. The van der Waals surface area contributed by atoms with Crippen LogP contribution in [0.2, 0.25) is 0 Å². The van der Waals surface area contributed by atoms with Crippen LogP contribution in [0.3, 0.4) is 0 Å². The number of carbonyl (C=O) groups is 1. The molecule has 0 saturated heterocycles. The molecule has 0 aliphatic carbocycles. The summed E-state index contributed by atoms with van der Waals surface area (Å²) in [4.78, 5) is 11.4. The minimum absolute atomic E-state index is 0.200. The van der Waals surface area contributed by atoms with E-state index in [-0.39, 0.29) is 18.3 Å². The van der Waals surface area contributed by atoms with Crippen molar-refractivity contribution in [2.75, 3.05) is 13.7 Å².